The van der Waals surface area contributed by atoms with E-state index in [0.717, 1.165) is 0 Å². The van der Waals surface area contributed by atoms with Crippen molar-refractivity contribution in [2.24, 2.45) is 0 Å². The standard InChI is InChI=1S/C13H19ClN2O2S/c1-7(17)8(2)19-9(3)13(18)16-12-6-10(14)4-5-11(12)15/h4-9,17H,15H2,1-3H3,(H,16,18). The highest BCUT2D eigenvalue weighted by atomic mass is 35.5. The van der Waals surface area contributed by atoms with Crippen molar-refractivity contribution in [1.82, 2.24) is 0 Å². The van der Waals surface area contributed by atoms with Crippen LogP contribution in [0.5, 0.6) is 0 Å². The van der Waals surface area contributed by atoms with Gasteiger partial charge in [-0.05, 0) is 32.0 Å². The maximum Gasteiger partial charge on any atom is 0.237 e. The molecule has 0 saturated carbocycles. The normalized spacial score (nSPS) is 15.6. The number of nitrogens with one attached hydrogen (secondary N) is 1. The molecule has 0 spiro atoms. The summed E-state index contributed by atoms with van der Waals surface area (Å²) in [7, 11) is 0. The number of hydrogen-bond acceptors (Lipinski definition) is 4. The minimum absolute atomic E-state index is 0.0162. The molecule has 19 heavy (non-hydrogen) atoms. The minimum atomic E-state index is -0.462. The molecule has 0 aromatic heterocycles. The number of nitrogens with two attached hydrogens (primary N) is 1. The number of hydrogen-bond donors (Lipinski definition) is 3. The van der Waals surface area contributed by atoms with Crippen molar-refractivity contribution < 1.29 is 9.90 Å². The Kier molecular flexibility index (Phi) is 5.97. The van der Waals surface area contributed by atoms with Crippen LogP contribution in [-0.4, -0.2) is 27.6 Å². The van der Waals surface area contributed by atoms with Crippen LogP contribution >= 0.6 is 23.4 Å². The molecule has 106 valence electrons. The largest absolute Gasteiger partial charge is 0.397 e. The van der Waals surface area contributed by atoms with Crippen LogP contribution in [0, 0.1) is 0 Å². The number of anilines is 2. The van der Waals surface area contributed by atoms with Crippen molar-refractivity contribution in [3.63, 3.8) is 0 Å². The Balaban J connectivity index is 2.66. The summed E-state index contributed by atoms with van der Waals surface area (Å²) < 4.78 is 0. The number of nitrogen functional groups attached to an aromatic ring is 1. The summed E-state index contributed by atoms with van der Waals surface area (Å²) in [5.41, 5.74) is 6.75. The van der Waals surface area contributed by atoms with Crippen LogP contribution in [-0.2, 0) is 4.79 Å². The lowest BCUT2D eigenvalue weighted by Crippen LogP contribution is -2.27. The van der Waals surface area contributed by atoms with Gasteiger partial charge in [-0.15, -0.1) is 11.8 Å². The number of carbonyl (C=O) groups excluding carboxylic acids is 1. The molecule has 0 heterocycles. The molecule has 0 aliphatic carbocycles. The first kappa shape index (κ1) is 16.1. The summed E-state index contributed by atoms with van der Waals surface area (Å²) in [5.74, 6) is -0.161. The van der Waals surface area contributed by atoms with Gasteiger partial charge in [-0.3, -0.25) is 4.79 Å². The molecule has 1 amide bonds. The highest BCUT2D eigenvalue weighted by Crippen LogP contribution is 2.25. The van der Waals surface area contributed by atoms with Crippen molar-refractivity contribution in [3.05, 3.63) is 23.2 Å². The number of thioether (sulfide) groups is 1. The third kappa shape index (κ3) is 4.93. The maximum absolute atomic E-state index is 12.0. The van der Waals surface area contributed by atoms with E-state index in [9.17, 15) is 9.90 Å². The van der Waals surface area contributed by atoms with Crippen LogP contribution in [0.1, 0.15) is 20.8 Å². The Bertz CT molecular complexity index is 454. The van der Waals surface area contributed by atoms with E-state index in [-0.39, 0.29) is 16.4 Å². The third-order valence-electron chi connectivity index (χ3n) is 2.74. The molecular weight excluding hydrogens is 284 g/mol. The number of aliphatic hydroxyl groups is 1. The average Bonchev–Trinajstić information content (AvgIpc) is 2.33. The maximum atomic E-state index is 12.0. The fraction of sp³-hybridized carbons (Fsp3) is 0.462. The lowest BCUT2D eigenvalue weighted by Gasteiger charge is -2.19. The number of benzene rings is 1. The number of amides is 1. The molecule has 0 saturated heterocycles. The molecule has 1 aromatic carbocycles. The van der Waals surface area contributed by atoms with Gasteiger partial charge in [0.05, 0.1) is 22.7 Å². The zero-order chi connectivity index (χ0) is 14.6. The van der Waals surface area contributed by atoms with Gasteiger partial charge < -0.3 is 16.2 Å². The monoisotopic (exact) mass is 302 g/mol. The number of halogens is 1. The molecule has 0 radical (unpaired) electrons. The van der Waals surface area contributed by atoms with Crippen LogP contribution < -0.4 is 11.1 Å². The molecule has 1 aromatic rings. The molecular formula is C13H19ClN2O2S. The molecule has 1 rings (SSSR count). The van der Waals surface area contributed by atoms with E-state index in [1.54, 1.807) is 32.0 Å². The molecule has 4 N–H and O–H groups in total. The first-order chi connectivity index (χ1) is 8.81. The first-order valence-corrected chi connectivity index (χ1v) is 7.32. The number of rotatable bonds is 5. The predicted molar refractivity (Wildman–Crippen MR) is 82.7 cm³/mol. The summed E-state index contributed by atoms with van der Waals surface area (Å²) in [6, 6.07) is 4.93. The van der Waals surface area contributed by atoms with Gasteiger partial charge in [0.25, 0.3) is 0 Å². The zero-order valence-corrected chi connectivity index (χ0v) is 12.8. The number of aliphatic hydroxyl groups excluding tert-OH is 1. The van der Waals surface area contributed by atoms with Gasteiger partial charge in [0.15, 0.2) is 0 Å². The molecule has 0 fully saturated rings. The molecule has 3 atom stereocenters. The Morgan fingerprint density at radius 3 is 2.63 bits per heavy atom. The second-order valence-corrected chi connectivity index (χ2v) is 6.60. The average molecular weight is 303 g/mol. The van der Waals surface area contributed by atoms with Crippen LogP contribution in [0.15, 0.2) is 18.2 Å². The van der Waals surface area contributed by atoms with E-state index < -0.39 is 6.10 Å². The Hall–Kier alpha value is -0.910. The van der Waals surface area contributed by atoms with E-state index in [1.807, 2.05) is 6.92 Å². The van der Waals surface area contributed by atoms with Crippen LogP contribution in [0.4, 0.5) is 11.4 Å². The summed E-state index contributed by atoms with van der Waals surface area (Å²) in [4.78, 5) is 12.0. The van der Waals surface area contributed by atoms with E-state index in [4.69, 9.17) is 17.3 Å². The van der Waals surface area contributed by atoms with Gasteiger partial charge in [-0.1, -0.05) is 18.5 Å². The summed E-state index contributed by atoms with van der Waals surface area (Å²) in [6.45, 7) is 5.38. The quantitative estimate of drug-likeness (QED) is 0.731. The van der Waals surface area contributed by atoms with Gasteiger partial charge in [0, 0.05) is 10.3 Å². The van der Waals surface area contributed by atoms with Crippen molar-refractivity contribution in [3.8, 4) is 0 Å². The highest BCUT2D eigenvalue weighted by molar-refractivity contribution is 8.01. The first-order valence-electron chi connectivity index (χ1n) is 6.00. The molecule has 3 unspecified atom stereocenters. The fourth-order valence-corrected chi connectivity index (χ4v) is 2.59. The summed E-state index contributed by atoms with van der Waals surface area (Å²) in [5, 5.41) is 12.4. The van der Waals surface area contributed by atoms with Crippen LogP contribution in [0.2, 0.25) is 5.02 Å². The van der Waals surface area contributed by atoms with E-state index in [2.05, 4.69) is 5.32 Å². The summed E-state index contributed by atoms with van der Waals surface area (Å²) >= 11 is 7.27. The van der Waals surface area contributed by atoms with Crippen LogP contribution in [0.25, 0.3) is 0 Å². The molecule has 6 heteroatoms. The minimum Gasteiger partial charge on any atom is -0.397 e. The molecule has 0 aliphatic rings. The predicted octanol–water partition coefficient (Wildman–Crippen LogP) is 2.75. The summed E-state index contributed by atoms with van der Waals surface area (Å²) in [6.07, 6.45) is -0.462. The number of carbonyl (C=O) groups is 1. The topological polar surface area (TPSA) is 75.3 Å². The Labute approximate surface area is 122 Å². The van der Waals surface area contributed by atoms with Crippen molar-refractivity contribution in [2.45, 2.75) is 37.4 Å². The Morgan fingerprint density at radius 1 is 1.42 bits per heavy atom. The second-order valence-electron chi connectivity index (χ2n) is 4.44. The van der Waals surface area contributed by atoms with E-state index in [1.165, 1.54) is 11.8 Å². The van der Waals surface area contributed by atoms with Gasteiger partial charge in [-0.25, -0.2) is 0 Å². The van der Waals surface area contributed by atoms with Crippen LogP contribution in [0.3, 0.4) is 0 Å². The zero-order valence-electron chi connectivity index (χ0n) is 11.2. The smallest absolute Gasteiger partial charge is 0.237 e. The van der Waals surface area contributed by atoms with E-state index >= 15 is 0 Å². The SMILES string of the molecule is CC(SC(C)C(C)O)C(=O)Nc1cc(Cl)ccc1N. The van der Waals surface area contributed by atoms with Gasteiger partial charge in [0.2, 0.25) is 5.91 Å². The lowest BCUT2D eigenvalue weighted by molar-refractivity contribution is -0.115. The highest BCUT2D eigenvalue weighted by Gasteiger charge is 2.20. The third-order valence-corrected chi connectivity index (χ3v) is 4.42. The molecule has 0 aliphatic heterocycles. The molecule has 4 nitrogen and oxygen atoms in total. The van der Waals surface area contributed by atoms with Gasteiger partial charge in [-0.2, -0.15) is 0 Å². The van der Waals surface area contributed by atoms with E-state index in [0.29, 0.717) is 16.4 Å². The van der Waals surface area contributed by atoms with Crippen molar-refractivity contribution >= 4 is 40.6 Å². The fourth-order valence-electron chi connectivity index (χ4n) is 1.37. The second kappa shape index (κ2) is 7.03. The molecule has 0 bridgehead atoms. The van der Waals surface area contributed by atoms with Gasteiger partial charge >= 0.3 is 0 Å². The van der Waals surface area contributed by atoms with Crippen molar-refractivity contribution in [1.29, 1.82) is 0 Å². The van der Waals surface area contributed by atoms with Gasteiger partial charge in [0.1, 0.15) is 0 Å². The van der Waals surface area contributed by atoms with Crippen molar-refractivity contribution in [2.75, 3.05) is 11.1 Å². The Morgan fingerprint density at radius 2 is 2.05 bits per heavy atom. The lowest BCUT2D eigenvalue weighted by atomic mass is 10.2.